The summed E-state index contributed by atoms with van der Waals surface area (Å²) in [4.78, 5) is 25.8. The molecule has 0 saturated heterocycles. The van der Waals surface area contributed by atoms with Crippen LogP contribution >= 0.6 is 0 Å². The summed E-state index contributed by atoms with van der Waals surface area (Å²) in [6.07, 6.45) is -0.138. The van der Waals surface area contributed by atoms with Gasteiger partial charge in [-0.25, -0.2) is 4.79 Å². The van der Waals surface area contributed by atoms with E-state index in [2.05, 4.69) is 20.2 Å². The second-order valence-corrected chi connectivity index (χ2v) is 2.18. The Labute approximate surface area is 72.6 Å². The van der Waals surface area contributed by atoms with E-state index in [1.165, 1.54) is 6.92 Å². The van der Waals surface area contributed by atoms with E-state index in [9.17, 15) is 9.59 Å². The Morgan fingerprint density at radius 2 is 2.31 bits per heavy atom. The molecule has 0 aliphatic carbocycles. The zero-order valence-corrected chi connectivity index (χ0v) is 6.80. The first kappa shape index (κ1) is 9.10. The minimum atomic E-state index is -0.581. The van der Waals surface area contributed by atoms with Gasteiger partial charge in [-0.15, -0.1) is 5.10 Å². The average Bonchev–Trinajstić information content (AvgIpc) is 2.33. The van der Waals surface area contributed by atoms with Crippen molar-refractivity contribution in [2.75, 3.05) is 0 Å². The van der Waals surface area contributed by atoms with Gasteiger partial charge in [0.1, 0.15) is 0 Å². The molecule has 0 atom stereocenters. The third-order valence-electron chi connectivity index (χ3n) is 0.980. The minimum absolute atomic E-state index is 0.105. The lowest BCUT2D eigenvalue weighted by Gasteiger charge is -1.92. The van der Waals surface area contributed by atoms with Crippen LogP contribution in [0.25, 0.3) is 0 Å². The quantitative estimate of drug-likeness (QED) is 0.528. The van der Waals surface area contributed by atoms with E-state index < -0.39 is 11.9 Å². The van der Waals surface area contributed by atoms with Crippen LogP contribution in [0.5, 0.6) is 0 Å². The minimum Gasteiger partial charge on any atom is -0.369 e. The number of carbonyl (C=O) groups excluding carboxylic acids is 2. The molecule has 1 aromatic heterocycles. The number of nitrogens with two attached hydrogens (primary N) is 1. The number of carbonyl (C=O) groups is 2. The Hall–Kier alpha value is -1.99. The molecule has 0 bridgehead atoms. The predicted molar refractivity (Wildman–Crippen MR) is 38.0 cm³/mol. The Balaban J connectivity index is 2.63. The lowest BCUT2D eigenvalue weighted by Crippen LogP contribution is -2.20. The predicted octanol–water partition coefficient (Wildman–Crippen LogP) is -2.32. The van der Waals surface area contributed by atoms with Crippen LogP contribution in [0.1, 0.15) is 12.7 Å². The van der Waals surface area contributed by atoms with E-state index in [1.807, 2.05) is 0 Å². The van der Waals surface area contributed by atoms with Gasteiger partial charge in [0.25, 0.3) is 0 Å². The van der Waals surface area contributed by atoms with E-state index >= 15 is 0 Å². The molecule has 0 aliphatic rings. The average molecular weight is 185 g/mol. The number of hydrogen-bond donors (Lipinski definition) is 1. The Morgan fingerprint density at radius 1 is 1.62 bits per heavy atom. The maximum atomic E-state index is 10.4. The molecule has 0 aliphatic heterocycles. The van der Waals surface area contributed by atoms with Gasteiger partial charge < -0.3 is 10.6 Å². The molecule has 2 N–H and O–H groups in total. The zero-order chi connectivity index (χ0) is 9.84. The molecule has 1 heterocycles. The lowest BCUT2D eigenvalue weighted by atomic mass is 10.4. The second kappa shape index (κ2) is 3.61. The molecule has 70 valence electrons. The maximum absolute atomic E-state index is 10.4. The first-order chi connectivity index (χ1) is 6.08. The number of primary amides is 1. The number of amides is 1. The standard InChI is InChI=1S/C5H7N5O3/c1-3(11)13-10-8-5(7-9-10)2-4(6)12/h2H2,1H3,(H2,6,12). The SMILES string of the molecule is CC(=O)On1nnc(CC(N)=O)n1. The van der Waals surface area contributed by atoms with Gasteiger partial charge in [-0.05, 0) is 5.21 Å². The highest BCUT2D eigenvalue weighted by Gasteiger charge is 2.07. The van der Waals surface area contributed by atoms with Crippen molar-refractivity contribution in [3.05, 3.63) is 5.82 Å². The molecule has 1 amide bonds. The number of tetrazole rings is 1. The van der Waals surface area contributed by atoms with E-state index in [0.717, 1.165) is 0 Å². The molecular formula is C5H7N5O3. The zero-order valence-electron chi connectivity index (χ0n) is 6.80. The largest absolute Gasteiger partial charge is 0.369 e. The Bertz CT molecular complexity index is 302. The van der Waals surface area contributed by atoms with Gasteiger partial charge in [0.2, 0.25) is 5.91 Å². The fraction of sp³-hybridized carbons (Fsp3) is 0.400. The molecule has 0 aromatic carbocycles. The summed E-state index contributed by atoms with van der Waals surface area (Å²) in [5, 5.41) is 10.3. The first-order valence-electron chi connectivity index (χ1n) is 3.34. The molecule has 0 saturated carbocycles. The molecule has 0 radical (unpaired) electrons. The van der Waals surface area contributed by atoms with Crippen molar-refractivity contribution in [1.82, 2.24) is 20.4 Å². The molecule has 0 spiro atoms. The van der Waals surface area contributed by atoms with Crippen LogP contribution in [0.3, 0.4) is 0 Å². The van der Waals surface area contributed by atoms with Crippen molar-refractivity contribution >= 4 is 11.9 Å². The lowest BCUT2D eigenvalue weighted by molar-refractivity contribution is -0.145. The molecule has 8 heteroatoms. The third kappa shape index (κ3) is 2.85. The van der Waals surface area contributed by atoms with E-state index in [-0.39, 0.29) is 12.2 Å². The highest BCUT2D eigenvalue weighted by Crippen LogP contribution is 1.85. The highest BCUT2D eigenvalue weighted by atomic mass is 16.7. The van der Waals surface area contributed by atoms with Crippen molar-refractivity contribution in [1.29, 1.82) is 0 Å². The van der Waals surface area contributed by atoms with Gasteiger partial charge in [-0.2, -0.15) is 0 Å². The van der Waals surface area contributed by atoms with E-state index in [4.69, 9.17) is 5.73 Å². The Morgan fingerprint density at radius 3 is 2.85 bits per heavy atom. The van der Waals surface area contributed by atoms with Crippen LogP contribution < -0.4 is 10.6 Å². The maximum Gasteiger partial charge on any atom is 0.333 e. The van der Waals surface area contributed by atoms with Gasteiger partial charge in [0.15, 0.2) is 5.82 Å². The third-order valence-corrected chi connectivity index (χ3v) is 0.980. The molecule has 1 rings (SSSR count). The van der Waals surface area contributed by atoms with Crippen molar-refractivity contribution in [3.8, 4) is 0 Å². The summed E-state index contributed by atoms with van der Waals surface area (Å²) in [7, 11) is 0. The van der Waals surface area contributed by atoms with Crippen LogP contribution in [-0.4, -0.2) is 32.2 Å². The van der Waals surface area contributed by atoms with Gasteiger partial charge >= 0.3 is 5.97 Å². The number of hydrogen-bond acceptors (Lipinski definition) is 6. The van der Waals surface area contributed by atoms with Crippen molar-refractivity contribution < 1.29 is 14.4 Å². The fourth-order valence-electron chi connectivity index (χ4n) is 0.609. The van der Waals surface area contributed by atoms with E-state index in [0.29, 0.717) is 4.96 Å². The van der Waals surface area contributed by atoms with Crippen LogP contribution in [0.4, 0.5) is 0 Å². The number of aromatic nitrogens is 4. The normalized spacial score (nSPS) is 9.62. The van der Waals surface area contributed by atoms with Gasteiger partial charge in [0, 0.05) is 11.9 Å². The fourth-order valence-corrected chi connectivity index (χ4v) is 0.609. The Kier molecular flexibility index (Phi) is 2.52. The van der Waals surface area contributed by atoms with Crippen molar-refractivity contribution in [2.24, 2.45) is 5.73 Å². The molecule has 13 heavy (non-hydrogen) atoms. The summed E-state index contributed by atoms with van der Waals surface area (Å²) < 4.78 is 0. The molecular weight excluding hydrogens is 178 g/mol. The van der Waals surface area contributed by atoms with Gasteiger partial charge in [-0.1, -0.05) is 5.10 Å². The smallest absolute Gasteiger partial charge is 0.333 e. The highest BCUT2D eigenvalue weighted by molar-refractivity contribution is 5.75. The molecule has 0 fully saturated rings. The number of nitrogens with zero attached hydrogens (tertiary/aromatic N) is 4. The topological polar surface area (TPSA) is 113 Å². The van der Waals surface area contributed by atoms with Crippen LogP contribution in [0.15, 0.2) is 0 Å². The molecule has 0 unspecified atom stereocenters. The van der Waals surface area contributed by atoms with E-state index in [1.54, 1.807) is 0 Å². The summed E-state index contributed by atoms with van der Waals surface area (Å²) in [5.74, 6) is -1.06. The summed E-state index contributed by atoms with van der Waals surface area (Å²) in [5.41, 5.74) is 4.87. The summed E-state index contributed by atoms with van der Waals surface area (Å²) in [6.45, 7) is 1.19. The summed E-state index contributed by atoms with van der Waals surface area (Å²) >= 11 is 0. The first-order valence-corrected chi connectivity index (χ1v) is 3.34. The van der Waals surface area contributed by atoms with Crippen molar-refractivity contribution in [3.63, 3.8) is 0 Å². The molecule has 8 nitrogen and oxygen atoms in total. The number of rotatable bonds is 3. The monoisotopic (exact) mass is 185 g/mol. The molecule has 1 aromatic rings. The van der Waals surface area contributed by atoms with Crippen LogP contribution in [-0.2, 0) is 16.0 Å². The summed E-state index contributed by atoms with van der Waals surface area (Å²) in [6, 6.07) is 0. The van der Waals surface area contributed by atoms with Crippen LogP contribution in [0, 0.1) is 0 Å². The van der Waals surface area contributed by atoms with Gasteiger partial charge in [0.05, 0.1) is 6.42 Å². The second-order valence-electron chi connectivity index (χ2n) is 2.18. The van der Waals surface area contributed by atoms with Crippen LogP contribution in [0.2, 0.25) is 0 Å². The van der Waals surface area contributed by atoms with Crippen molar-refractivity contribution in [2.45, 2.75) is 13.3 Å². The van der Waals surface area contributed by atoms with Gasteiger partial charge in [-0.3, -0.25) is 4.79 Å².